The molecule has 1 amide bonds. The van der Waals surface area contributed by atoms with E-state index < -0.39 is 24.3 Å². The normalized spacial score (nSPS) is 27.3. The van der Waals surface area contributed by atoms with Crippen LogP contribution in [-0.4, -0.2) is 60.4 Å². The van der Waals surface area contributed by atoms with Crippen molar-refractivity contribution in [1.82, 2.24) is 24.8 Å². The van der Waals surface area contributed by atoms with Gasteiger partial charge in [-0.25, -0.2) is 4.98 Å². The minimum Gasteiger partial charge on any atom is -0.388 e. The zero-order valence-electron chi connectivity index (χ0n) is 17.7. The monoisotopic (exact) mass is 430 g/mol. The number of hydrogen-bond donors (Lipinski definition) is 4. The molecule has 0 radical (unpaired) electrons. The highest BCUT2D eigenvalue weighted by Crippen LogP contribution is 2.34. The average Bonchev–Trinajstić information content (AvgIpc) is 3.31. The Morgan fingerprint density at radius 3 is 2.77 bits per heavy atom. The summed E-state index contributed by atoms with van der Waals surface area (Å²) >= 11 is 0. The van der Waals surface area contributed by atoms with E-state index in [0.29, 0.717) is 36.5 Å². The van der Waals surface area contributed by atoms with Crippen LogP contribution in [0, 0.1) is 5.92 Å². The standard InChI is InChI=1S/C20H30N8O3/c1-2-14(29)24-12-8-13(17(31)16(12)30)28-10-22-15-18(21)25-20(26-19(15)28)27-23-9-11-6-4-3-5-7-11/h10-13,16-17,30-31H,2-9H2,1H3,(H,24,29)(H2,21,25,26). The quantitative estimate of drug-likeness (QED) is 0.506. The molecule has 0 bridgehead atoms. The van der Waals surface area contributed by atoms with E-state index in [2.05, 4.69) is 30.5 Å². The minimum atomic E-state index is -1.09. The Labute approximate surface area is 180 Å². The summed E-state index contributed by atoms with van der Waals surface area (Å²) in [4.78, 5) is 24.7. The van der Waals surface area contributed by atoms with Crippen LogP contribution in [0.5, 0.6) is 0 Å². The molecule has 11 heteroatoms. The number of nitrogens with two attached hydrogens (primary N) is 1. The summed E-state index contributed by atoms with van der Waals surface area (Å²) < 4.78 is 1.67. The van der Waals surface area contributed by atoms with Crippen LogP contribution in [0.2, 0.25) is 0 Å². The molecular formula is C20H30N8O3. The molecule has 0 saturated heterocycles. The van der Waals surface area contributed by atoms with Crippen molar-refractivity contribution in [3.8, 4) is 0 Å². The van der Waals surface area contributed by atoms with Gasteiger partial charge >= 0.3 is 0 Å². The third-order valence-corrected chi connectivity index (χ3v) is 6.34. The SMILES string of the molecule is CCC(=O)NC1CC(n2cnc3c(N)nc(N=NCC4CCCCC4)nc32)C(O)C1O. The van der Waals surface area contributed by atoms with Crippen LogP contribution in [-0.2, 0) is 4.79 Å². The molecule has 2 aromatic rings. The third-order valence-electron chi connectivity index (χ3n) is 6.34. The molecule has 4 unspecified atom stereocenters. The third kappa shape index (κ3) is 4.52. The van der Waals surface area contributed by atoms with Crippen molar-refractivity contribution in [2.45, 2.75) is 76.2 Å². The first kappa shape index (κ1) is 21.6. The lowest BCUT2D eigenvalue weighted by Gasteiger charge is -2.18. The summed E-state index contributed by atoms with van der Waals surface area (Å²) in [5.41, 5.74) is 6.87. The summed E-state index contributed by atoms with van der Waals surface area (Å²) in [5.74, 6) is 0.694. The molecule has 2 aliphatic carbocycles. The number of amides is 1. The van der Waals surface area contributed by atoms with Gasteiger partial charge in [0.2, 0.25) is 5.91 Å². The lowest BCUT2D eigenvalue weighted by molar-refractivity contribution is -0.122. The molecule has 2 aliphatic rings. The van der Waals surface area contributed by atoms with E-state index in [1.165, 1.54) is 38.4 Å². The highest BCUT2D eigenvalue weighted by atomic mass is 16.3. The Bertz CT molecular complexity index is 955. The van der Waals surface area contributed by atoms with Gasteiger partial charge in [0.25, 0.3) is 5.95 Å². The number of anilines is 1. The summed E-state index contributed by atoms with van der Waals surface area (Å²) in [5, 5.41) is 32.2. The number of carbonyl (C=O) groups excluding carboxylic acids is 1. The van der Waals surface area contributed by atoms with E-state index in [1.54, 1.807) is 11.5 Å². The number of rotatable bonds is 6. The molecule has 5 N–H and O–H groups in total. The average molecular weight is 431 g/mol. The molecule has 2 heterocycles. The number of nitrogen functional groups attached to an aromatic ring is 1. The molecule has 0 spiro atoms. The largest absolute Gasteiger partial charge is 0.388 e. The number of imidazole rings is 1. The number of carbonyl (C=O) groups is 1. The second-order valence-corrected chi connectivity index (χ2v) is 8.47. The summed E-state index contributed by atoms with van der Waals surface area (Å²) in [6.45, 7) is 2.38. The second-order valence-electron chi connectivity index (χ2n) is 8.47. The summed E-state index contributed by atoms with van der Waals surface area (Å²) in [6.07, 6.45) is 6.09. The molecule has 2 aromatic heterocycles. The molecule has 0 aliphatic heterocycles. The van der Waals surface area contributed by atoms with E-state index in [1.807, 2.05) is 0 Å². The number of aliphatic hydroxyl groups is 2. The van der Waals surface area contributed by atoms with Crippen LogP contribution < -0.4 is 11.1 Å². The van der Waals surface area contributed by atoms with Crippen molar-refractivity contribution >= 4 is 28.8 Å². The van der Waals surface area contributed by atoms with Gasteiger partial charge < -0.3 is 25.8 Å². The van der Waals surface area contributed by atoms with Crippen LogP contribution in [0.25, 0.3) is 11.2 Å². The van der Waals surface area contributed by atoms with Crippen LogP contribution in [0.4, 0.5) is 11.8 Å². The minimum absolute atomic E-state index is 0.145. The molecule has 11 nitrogen and oxygen atoms in total. The number of aromatic nitrogens is 4. The molecule has 4 atom stereocenters. The first-order valence-corrected chi connectivity index (χ1v) is 11.0. The van der Waals surface area contributed by atoms with Gasteiger partial charge in [-0.2, -0.15) is 15.1 Å². The Hall–Kier alpha value is -2.66. The van der Waals surface area contributed by atoms with E-state index >= 15 is 0 Å². The lowest BCUT2D eigenvalue weighted by Crippen LogP contribution is -2.42. The lowest BCUT2D eigenvalue weighted by atomic mass is 9.89. The smallest absolute Gasteiger partial charge is 0.272 e. The number of fused-ring (bicyclic) bond motifs is 1. The van der Waals surface area contributed by atoms with Crippen molar-refractivity contribution in [3.05, 3.63) is 6.33 Å². The number of aliphatic hydroxyl groups excluding tert-OH is 2. The molecule has 0 aromatic carbocycles. The Balaban J connectivity index is 1.55. The Kier molecular flexibility index (Phi) is 6.42. The van der Waals surface area contributed by atoms with Crippen LogP contribution in [0.3, 0.4) is 0 Å². The van der Waals surface area contributed by atoms with Gasteiger partial charge in [0.15, 0.2) is 11.5 Å². The van der Waals surface area contributed by atoms with Gasteiger partial charge in [-0.1, -0.05) is 26.2 Å². The van der Waals surface area contributed by atoms with E-state index in [4.69, 9.17) is 5.73 Å². The van der Waals surface area contributed by atoms with Crippen molar-refractivity contribution in [3.63, 3.8) is 0 Å². The van der Waals surface area contributed by atoms with Gasteiger partial charge in [-0.05, 0) is 25.2 Å². The van der Waals surface area contributed by atoms with E-state index in [-0.39, 0.29) is 17.7 Å². The fourth-order valence-electron chi connectivity index (χ4n) is 4.54. The van der Waals surface area contributed by atoms with Crippen molar-refractivity contribution < 1.29 is 15.0 Å². The number of hydrogen-bond acceptors (Lipinski definition) is 9. The van der Waals surface area contributed by atoms with Crippen LogP contribution in [0.15, 0.2) is 16.6 Å². The Morgan fingerprint density at radius 2 is 2.03 bits per heavy atom. The molecular weight excluding hydrogens is 400 g/mol. The molecule has 2 saturated carbocycles. The fourth-order valence-corrected chi connectivity index (χ4v) is 4.54. The molecule has 2 fully saturated rings. The maximum Gasteiger partial charge on any atom is 0.272 e. The van der Waals surface area contributed by atoms with E-state index in [0.717, 1.165) is 0 Å². The predicted molar refractivity (Wildman–Crippen MR) is 114 cm³/mol. The van der Waals surface area contributed by atoms with Crippen LogP contribution in [0.1, 0.15) is 57.9 Å². The topological polar surface area (TPSA) is 164 Å². The zero-order valence-corrected chi connectivity index (χ0v) is 17.7. The molecule has 168 valence electrons. The van der Waals surface area contributed by atoms with Crippen molar-refractivity contribution in [1.29, 1.82) is 0 Å². The van der Waals surface area contributed by atoms with Crippen molar-refractivity contribution in [2.24, 2.45) is 16.1 Å². The number of nitrogens with zero attached hydrogens (tertiary/aromatic N) is 6. The first-order valence-electron chi connectivity index (χ1n) is 11.0. The highest BCUT2D eigenvalue weighted by molar-refractivity contribution is 5.82. The predicted octanol–water partition coefficient (Wildman–Crippen LogP) is 1.63. The van der Waals surface area contributed by atoms with E-state index in [9.17, 15) is 15.0 Å². The maximum atomic E-state index is 11.7. The van der Waals surface area contributed by atoms with Gasteiger partial charge in [0.1, 0.15) is 17.7 Å². The van der Waals surface area contributed by atoms with Gasteiger partial charge in [-0.15, -0.1) is 5.11 Å². The highest BCUT2D eigenvalue weighted by Gasteiger charge is 2.43. The Morgan fingerprint density at radius 1 is 1.26 bits per heavy atom. The van der Waals surface area contributed by atoms with Gasteiger partial charge in [0.05, 0.1) is 25.0 Å². The second kappa shape index (κ2) is 9.23. The van der Waals surface area contributed by atoms with Crippen molar-refractivity contribution in [2.75, 3.05) is 12.3 Å². The number of azo groups is 1. The van der Waals surface area contributed by atoms with Crippen LogP contribution >= 0.6 is 0 Å². The molecule has 31 heavy (non-hydrogen) atoms. The van der Waals surface area contributed by atoms with Gasteiger partial charge in [0, 0.05) is 6.42 Å². The number of nitrogens with one attached hydrogen (secondary N) is 1. The van der Waals surface area contributed by atoms with Gasteiger partial charge in [-0.3, -0.25) is 4.79 Å². The summed E-state index contributed by atoms with van der Waals surface area (Å²) in [6, 6.07) is -1.08. The summed E-state index contributed by atoms with van der Waals surface area (Å²) in [7, 11) is 0. The molecule has 4 rings (SSSR count). The first-order chi connectivity index (χ1) is 15.0. The fraction of sp³-hybridized carbons (Fsp3) is 0.700. The maximum absolute atomic E-state index is 11.7. The zero-order chi connectivity index (χ0) is 22.0.